The molecular formula is C24H14Cl2FIN2O3S. The number of thiocarbonyl (C=S) groups is 1. The van der Waals surface area contributed by atoms with Gasteiger partial charge in [0.25, 0.3) is 11.8 Å². The monoisotopic (exact) mass is 626 g/mol. The molecule has 172 valence electrons. The molecule has 4 rings (SSSR count). The van der Waals surface area contributed by atoms with Crippen LogP contribution in [0.3, 0.4) is 0 Å². The van der Waals surface area contributed by atoms with Gasteiger partial charge in [-0.15, -0.1) is 0 Å². The van der Waals surface area contributed by atoms with Crippen molar-refractivity contribution in [2.45, 2.75) is 6.61 Å². The summed E-state index contributed by atoms with van der Waals surface area (Å²) in [5.74, 6) is -1.03. The number of carbonyl (C=O) groups is 2. The van der Waals surface area contributed by atoms with Crippen molar-refractivity contribution >= 4 is 86.7 Å². The molecule has 0 bridgehead atoms. The van der Waals surface area contributed by atoms with Crippen molar-refractivity contribution in [2.75, 3.05) is 4.90 Å². The molecule has 0 spiro atoms. The Morgan fingerprint density at radius 3 is 2.44 bits per heavy atom. The van der Waals surface area contributed by atoms with Crippen LogP contribution >= 0.6 is 58.0 Å². The molecule has 1 saturated heterocycles. The third-order valence-electron chi connectivity index (χ3n) is 4.83. The zero-order valence-corrected chi connectivity index (χ0v) is 21.6. The van der Waals surface area contributed by atoms with Crippen molar-refractivity contribution in [2.24, 2.45) is 0 Å². The van der Waals surface area contributed by atoms with E-state index < -0.39 is 17.6 Å². The molecule has 5 nitrogen and oxygen atoms in total. The lowest BCUT2D eigenvalue weighted by Gasteiger charge is -2.28. The van der Waals surface area contributed by atoms with E-state index in [-0.39, 0.29) is 17.3 Å². The second-order valence-electron chi connectivity index (χ2n) is 7.16. The third kappa shape index (κ3) is 5.41. The number of hydrogen-bond acceptors (Lipinski definition) is 4. The van der Waals surface area contributed by atoms with Crippen molar-refractivity contribution in [1.82, 2.24) is 5.32 Å². The molecule has 0 atom stereocenters. The van der Waals surface area contributed by atoms with E-state index in [0.717, 1.165) is 14.0 Å². The molecule has 0 unspecified atom stereocenters. The van der Waals surface area contributed by atoms with Gasteiger partial charge in [-0.2, -0.15) is 0 Å². The Bertz CT molecular complexity index is 1350. The molecule has 1 aliphatic heterocycles. The van der Waals surface area contributed by atoms with E-state index in [1.807, 2.05) is 6.07 Å². The van der Waals surface area contributed by atoms with Gasteiger partial charge >= 0.3 is 0 Å². The van der Waals surface area contributed by atoms with E-state index >= 15 is 0 Å². The average Bonchev–Trinajstić information content (AvgIpc) is 2.79. The van der Waals surface area contributed by atoms with Crippen molar-refractivity contribution < 1.29 is 18.7 Å². The Labute approximate surface area is 223 Å². The van der Waals surface area contributed by atoms with Crippen LogP contribution in [0.25, 0.3) is 6.08 Å². The fourth-order valence-electron chi connectivity index (χ4n) is 3.16. The number of halogens is 4. The first-order valence-corrected chi connectivity index (χ1v) is 12.0. The van der Waals surface area contributed by atoms with Gasteiger partial charge in [-0.05, 0) is 101 Å². The molecular weight excluding hydrogens is 613 g/mol. The lowest BCUT2D eigenvalue weighted by atomic mass is 10.1. The van der Waals surface area contributed by atoms with Crippen molar-refractivity contribution in [3.05, 3.63) is 96.8 Å². The minimum absolute atomic E-state index is 0.0700. The molecule has 0 aromatic heterocycles. The number of nitrogens with one attached hydrogen (secondary N) is 1. The first-order valence-electron chi connectivity index (χ1n) is 9.76. The predicted molar refractivity (Wildman–Crippen MR) is 143 cm³/mol. The Morgan fingerprint density at radius 2 is 1.76 bits per heavy atom. The maximum atomic E-state index is 13.3. The number of hydrogen-bond donors (Lipinski definition) is 1. The third-order valence-corrected chi connectivity index (χ3v) is 6.70. The highest BCUT2D eigenvalue weighted by atomic mass is 127. The summed E-state index contributed by atoms with van der Waals surface area (Å²) in [4.78, 5) is 26.7. The summed E-state index contributed by atoms with van der Waals surface area (Å²) in [6.45, 7) is 0.290. The number of carbonyl (C=O) groups excluding carboxylic acids is 2. The molecule has 0 saturated carbocycles. The average molecular weight is 627 g/mol. The molecule has 0 radical (unpaired) electrons. The first-order chi connectivity index (χ1) is 16.2. The smallest absolute Gasteiger partial charge is 0.270 e. The highest BCUT2D eigenvalue weighted by molar-refractivity contribution is 14.1. The van der Waals surface area contributed by atoms with Crippen molar-refractivity contribution in [1.29, 1.82) is 0 Å². The lowest BCUT2D eigenvalue weighted by Crippen LogP contribution is -2.54. The van der Waals surface area contributed by atoms with Gasteiger partial charge in [-0.3, -0.25) is 19.8 Å². The van der Waals surface area contributed by atoms with E-state index in [0.29, 0.717) is 27.0 Å². The van der Waals surface area contributed by atoms with Crippen molar-refractivity contribution in [3.63, 3.8) is 0 Å². The zero-order chi connectivity index (χ0) is 24.4. The number of amides is 2. The van der Waals surface area contributed by atoms with E-state index in [1.165, 1.54) is 30.3 Å². The van der Waals surface area contributed by atoms with E-state index in [4.69, 9.17) is 40.2 Å². The van der Waals surface area contributed by atoms with E-state index in [9.17, 15) is 14.0 Å². The zero-order valence-electron chi connectivity index (χ0n) is 17.2. The van der Waals surface area contributed by atoms with Gasteiger partial charge in [-0.1, -0.05) is 35.3 Å². The van der Waals surface area contributed by atoms with Crippen LogP contribution in [-0.4, -0.2) is 16.9 Å². The number of nitrogens with zero attached hydrogens (tertiary/aromatic N) is 1. The maximum Gasteiger partial charge on any atom is 0.270 e. The van der Waals surface area contributed by atoms with Gasteiger partial charge in [0, 0.05) is 0 Å². The Balaban J connectivity index is 1.55. The minimum atomic E-state index is -0.608. The van der Waals surface area contributed by atoms with E-state index in [2.05, 4.69) is 27.9 Å². The molecule has 3 aromatic carbocycles. The molecule has 34 heavy (non-hydrogen) atoms. The predicted octanol–water partition coefficient (Wildman–Crippen LogP) is 6.15. The second-order valence-corrected chi connectivity index (χ2v) is 9.52. The number of benzene rings is 3. The standard InChI is InChI=1S/C24H14Cl2FIN2O3S/c25-18-7-1-14(10-19(18)26)12-33-21-8-2-13(11-20(21)28)9-17-22(31)29-24(34)30(23(17)32)16-5-3-15(27)4-6-16/h1-11H,12H2,(H,29,31,34). The van der Waals surface area contributed by atoms with Gasteiger partial charge in [0.15, 0.2) is 5.11 Å². The molecule has 1 N–H and O–H groups in total. The van der Waals surface area contributed by atoms with Crippen LogP contribution in [0.2, 0.25) is 10.0 Å². The highest BCUT2D eigenvalue weighted by Crippen LogP contribution is 2.28. The fourth-order valence-corrected chi connectivity index (χ4v) is 4.46. The molecule has 10 heteroatoms. The second kappa shape index (κ2) is 10.4. The normalized spacial score (nSPS) is 15.0. The van der Waals surface area contributed by atoms with Crippen LogP contribution in [0.4, 0.5) is 10.1 Å². The summed E-state index contributed by atoms with van der Waals surface area (Å²) in [7, 11) is 0. The van der Waals surface area contributed by atoms with Crippen LogP contribution < -0.4 is 15.0 Å². The molecule has 1 fully saturated rings. The van der Waals surface area contributed by atoms with Gasteiger partial charge in [0.2, 0.25) is 0 Å². The molecule has 1 aliphatic rings. The van der Waals surface area contributed by atoms with E-state index in [1.54, 1.807) is 30.3 Å². The Morgan fingerprint density at radius 1 is 1.03 bits per heavy atom. The van der Waals surface area contributed by atoms with Gasteiger partial charge in [-0.25, -0.2) is 4.39 Å². The van der Waals surface area contributed by atoms with Crippen LogP contribution in [0.15, 0.2) is 66.2 Å². The Hall–Kier alpha value is -2.53. The SMILES string of the molecule is O=C1NC(=S)N(c2ccc(F)cc2)C(=O)C1=Cc1ccc(OCc2ccc(Cl)c(Cl)c2)c(I)c1. The topological polar surface area (TPSA) is 58.6 Å². The van der Waals surface area contributed by atoms with Gasteiger partial charge in [0.1, 0.15) is 23.7 Å². The highest BCUT2D eigenvalue weighted by Gasteiger charge is 2.34. The van der Waals surface area contributed by atoms with Crippen LogP contribution in [0.1, 0.15) is 11.1 Å². The van der Waals surface area contributed by atoms with Crippen LogP contribution in [-0.2, 0) is 16.2 Å². The van der Waals surface area contributed by atoms with Gasteiger partial charge < -0.3 is 4.74 Å². The summed E-state index contributed by atoms with van der Waals surface area (Å²) in [5, 5.41) is 3.35. The summed E-state index contributed by atoms with van der Waals surface area (Å²) in [6, 6.07) is 15.8. The van der Waals surface area contributed by atoms with Crippen LogP contribution in [0, 0.1) is 9.39 Å². The van der Waals surface area contributed by atoms with Crippen LogP contribution in [0.5, 0.6) is 5.75 Å². The molecule has 1 heterocycles. The van der Waals surface area contributed by atoms with Crippen molar-refractivity contribution in [3.8, 4) is 5.75 Å². The molecule has 3 aromatic rings. The quantitative estimate of drug-likeness (QED) is 0.160. The Kier molecular flexibility index (Phi) is 7.51. The summed E-state index contributed by atoms with van der Waals surface area (Å²) in [5.41, 5.74) is 1.73. The maximum absolute atomic E-state index is 13.3. The number of anilines is 1. The summed E-state index contributed by atoms with van der Waals surface area (Å²) in [6.07, 6.45) is 1.47. The largest absolute Gasteiger partial charge is 0.488 e. The number of rotatable bonds is 5. The lowest BCUT2D eigenvalue weighted by molar-refractivity contribution is -0.122. The fraction of sp³-hybridized carbons (Fsp3) is 0.0417. The summed E-state index contributed by atoms with van der Waals surface area (Å²) < 4.78 is 19.9. The molecule has 0 aliphatic carbocycles. The van der Waals surface area contributed by atoms with Gasteiger partial charge in [0.05, 0.1) is 19.3 Å². The minimum Gasteiger partial charge on any atom is -0.488 e. The number of ether oxygens (including phenoxy) is 1. The molecule has 2 amide bonds. The first kappa shape index (κ1) is 24.6. The summed E-state index contributed by atoms with van der Waals surface area (Å²) >= 11 is 19.3.